The van der Waals surface area contributed by atoms with Crippen molar-refractivity contribution in [1.29, 1.82) is 0 Å². The summed E-state index contributed by atoms with van der Waals surface area (Å²) in [4.78, 5) is 38.7. The molecule has 1 spiro atoms. The Balaban J connectivity index is 1.34. The molecule has 2 fully saturated rings. The number of aryl methyl sites for hydroxylation is 3. The molecule has 0 radical (unpaired) electrons. The first-order chi connectivity index (χ1) is 16.8. The van der Waals surface area contributed by atoms with Crippen LogP contribution in [-0.2, 0) is 16.2 Å². The molecule has 0 N–H and O–H groups in total. The van der Waals surface area contributed by atoms with Crippen molar-refractivity contribution >= 4 is 22.7 Å². The van der Waals surface area contributed by atoms with Crippen LogP contribution >= 0.6 is 0 Å². The number of carbonyl (C=O) groups excluding carboxylic acids is 2. The predicted molar refractivity (Wildman–Crippen MR) is 131 cm³/mol. The minimum atomic E-state index is -0.456. The predicted octanol–water partition coefficient (Wildman–Crippen LogP) is 5.03. The number of nitrogens with zero attached hydrogens (tertiary/aromatic N) is 3. The van der Waals surface area contributed by atoms with Gasteiger partial charge in [-0.25, -0.2) is 9.45 Å². The fourth-order valence-corrected chi connectivity index (χ4v) is 5.50. The third-order valence-electron chi connectivity index (χ3n) is 7.36. The van der Waals surface area contributed by atoms with Crippen LogP contribution in [0, 0.1) is 26.6 Å². The minimum absolute atomic E-state index is 0.00376. The van der Waals surface area contributed by atoms with Crippen molar-refractivity contribution in [3.8, 4) is 0 Å². The second kappa shape index (κ2) is 9.04. The van der Waals surface area contributed by atoms with E-state index in [0.717, 1.165) is 27.7 Å². The maximum Gasteiger partial charge on any atom is 0.254 e. The molecule has 0 bridgehead atoms. The van der Waals surface area contributed by atoms with Crippen molar-refractivity contribution in [2.75, 3.05) is 13.1 Å². The Labute approximate surface area is 204 Å². The monoisotopic (exact) mass is 475 g/mol. The van der Waals surface area contributed by atoms with Gasteiger partial charge < -0.3 is 4.90 Å². The summed E-state index contributed by atoms with van der Waals surface area (Å²) >= 11 is 0. The zero-order valence-corrected chi connectivity index (χ0v) is 20.4. The molecule has 35 heavy (non-hydrogen) atoms. The van der Waals surface area contributed by atoms with E-state index in [2.05, 4.69) is 11.1 Å². The van der Waals surface area contributed by atoms with Crippen LogP contribution < -0.4 is 0 Å². The number of hydrogen-bond acceptors (Lipinski definition) is 4. The van der Waals surface area contributed by atoms with E-state index in [0.29, 0.717) is 49.9 Å². The number of rotatable bonds is 4. The number of aromatic nitrogens is 1. The quantitative estimate of drug-likeness (QED) is 0.531. The largest absolute Gasteiger partial charge is 0.338 e. The van der Waals surface area contributed by atoms with Crippen LogP contribution in [0.4, 0.5) is 4.39 Å². The van der Waals surface area contributed by atoms with Crippen LogP contribution in [0.3, 0.4) is 0 Å². The second-order valence-corrected chi connectivity index (χ2v) is 9.86. The van der Waals surface area contributed by atoms with Gasteiger partial charge in [0.25, 0.3) is 5.91 Å². The number of fused-ring (bicyclic) bond motifs is 1. The average molecular weight is 476 g/mol. The van der Waals surface area contributed by atoms with Gasteiger partial charge in [-0.2, -0.15) is 0 Å². The van der Waals surface area contributed by atoms with Gasteiger partial charge in [0.2, 0.25) is 5.91 Å². The number of hydrogen-bond donors (Lipinski definition) is 0. The smallest absolute Gasteiger partial charge is 0.254 e. The van der Waals surface area contributed by atoms with Crippen LogP contribution in [0.15, 0.2) is 42.5 Å². The number of halogens is 1. The molecule has 2 aromatic carbocycles. The van der Waals surface area contributed by atoms with Gasteiger partial charge in [0.15, 0.2) is 0 Å². The lowest BCUT2D eigenvalue weighted by molar-refractivity contribution is -0.222. The molecule has 6 nitrogen and oxygen atoms in total. The first kappa shape index (κ1) is 23.4. The molecule has 3 aromatic rings. The maximum absolute atomic E-state index is 14.1. The topological polar surface area (TPSA) is 62.7 Å². The van der Waals surface area contributed by atoms with Gasteiger partial charge in [0.1, 0.15) is 12.4 Å². The highest BCUT2D eigenvalue weighted by Gasteiger charge is 2.49. The third-order valence-corrected chi connectivity index (χ3v) is 7.36. The molecule has 0 saturated carbocycles. The number of pyridine rings is 1. The molecule has 3 heterocycles. The minimum Gasteiger partial charge on any atom is -0.338 e. The molecule has 0 atom stereocenters. The lowest BCUT2D eigenvalue weighted by Gasteiger charge is -2.43. The van der Waals surface area contributed by atoms with Gasteiger partial charge in [-0.15, -0.1) is 0 Å². The third kappa shape index (κ3) is 4.29. The lowest BCUT2D eigenvalue weighted by atomic mass is 9.85. The molecule has 0 unspecified atom stereocenters. The van der Waals surface area contributed by atoms with E-state index in [4.69, 9.17) is 4.84 Å². The Kier molecular flexibility index (Phi) is 6.05. The molecule has 7 heteroatoms. The standard InChI is InChI=1S/C28H30FN3O3/c1-18-14-19(2)26-22(15-18)23(16-20(3)30-26)27(34)31-12-10-28(11-13-31)9-8-25(33)32(28)35-17-21-6-4-5-7-24(21)29/h4-7,14-16H,8-13,17H2,1-3H3. The number of carbonyl (C=O) groups is 2. The highest BCUT2D eigenvalue weighted by atomic mass is 19.1. The molecule has 182 valence electrons. The molecular formula is C28H30FN3O3. The Morgan fingerprint density at radius 1 is 1.09 bits per heavy atom. The van der Waals surface area contributed by atoms with Gasteiger partial charge >= 0.3 is 0 Å². The Morgan fingerprint density at radius 3 is 2.57 bits per heavy atom. The number of benzene rings is 2. The van der Waals surface area contributed by atoms with Gasteiger partial charge in [-0.1, -0.05) is 29.8 Å². The number of likely N-dealkylation sites (tertiary alicyclic amines) is 1. The molecular weight excluding hydrogens is 445 g/mol. The van der Waals surface area contributed by atoms with Crippen molar-refractivity contribution in [1.82, 2.24) is 14.9 Å². The van der Waals surface area contributed by atoms with Gasteiger partial charge in [0, 0.05) is 36.2 Å². The summed E-state index contributed by atoms with van der Waals surface area (Å²) in [7, 11) is 0. The lowest BCUT2D eigenvalue weighted by Crippen LogP contribution is -2.54. The van der Waals surface area contributed by atoms with Crippen LogP contribution in [-0.4, -0.2) is 45.4 Å². The summed E-state index contributed by atoms with van der Waals surface area (Å²) in [5.41, 5.74) is 4.47. The summed E-state index contributed by atoms with van der Waals surface area (Å²) in [6.45, 7) is 7.02. The molecule has 5 rings (SSSR count). The first-order valence-corrected chi connectivity index (χ1v) is 12.1. The molecule has 2 aliphatic heterocycles. The molecule has 0 aliphatic carbocycles. The molecule has 2 saturated heterocycles. The van der Waals surface area contributed by atoms with Gasteiger partial charge in [-0.3, -0.25) is 19.4 Å². The van der Waals surface area contributed by atoms with Crippen molar-refractivity contribution in [3.63, 3.8) is 0 Å². The highest BCUT2D eigenvalue weighted by molar-refractivity contribution is 6.07. The Bertz CT molecular complexity index is 1310. The summed E-state index contributed by atoms with van der Waals surface area (Å²) in [5.74, 6) is -0.440. The first-order valence-electron chi connectivity index (χ1n) is 12.1. The van der Waals surface area contributed by atoms with E-state index in [1.54, 1.807) is 18.2 Å². The SMILES string of the molecule is Cc1cc(C)c2nc(C)cc(C(=O)N3CCC4(CCC(=O)N4OCc4ccccc4F)CC3)c2c1. The van der Waals surface area contributed by atoms with E-state index >= 15 is 0 Å². The van der Waals surface area contributed by atoms with Crippen molar-refractivity contribution in [3.05, 3.63) is 76.2 Å². The highest BCUT2D eigenvalue weighted by Crippen LogP contribution is 2.40. The fourth-order valence-electron chi connectivity index (χ4n) is 5.50. The molecule has 2 aliphatic rings. The normalized spacial score (nSPS) is 17.5. The van der Waals surface area contributed by atoms with E-state index < -0.39 is 5.54 Å². The summed E-state index contributed by atoms with van der Waals surface area (Å²) in [6.07, 6.45) is 2.34. The molecule has 1 aromatic heterocycles. The zero-order chi connectivity index (χ0) is 24.7. The maximum atomic E-state index is 14.1. The Morgan fingerprint density at radius 2 is 1.83 bits per heavy atom. The van der Waals surface area contributed by atoms with E-state index in [1.807, 2.05) is 37.8 Å². The van der Waals surface area contributed by atoms with Crippen molar-refractivity contribution < 1.29 is 18.8 Å². The van der Waals surface area contributed by atoms with E-state index in [1.165, 1.54) is 11.1 Å². The van der Waals surface area contributed by atoms with Crippen LogP contribution in [0.1, 0.15) is 58.4 Å². The van der Waals surface area contributed by atoms with Crippen LogP contribution in [0.5, 0.6) is 0 Å². The molecule has 2 amide bonds. The van der Waals surface area contributed by atoms with Gasteiger partial charge in [0.05, 0.1) is 16.6 Å². The van der Waals surface area contributed by atoms with Crippen molar-refractivity contribution in [2.45, 2.75) is 58.6 Å². The number of amides is 2. The summed E-state index contributed by atoms with van der Waals surface area (Å²) in [6, 6.07) is 12.4. The Hall–Kier alpha value is -3.32. The van der Waals surface area contributed by atoms with Gasteiger partial charge in [-0.05, 0) is 63.8 Å². The van der Waals surface area contributed by atoms with E-state index in [-0.39, 0.29) is 24.2 Å². The van der Waals surface area contributed by atoms with Crippen molar-refractivity contribution in [2.24, 2.45) is 0 Å². The fraction of sp³-hybridized carbons (Fsp3) is 0.393. The van der Waals surface area contributed by atoms with Crippen LogP contribution in [0.25, 0.3) is 10.9 Å². The zero-order valence-electron chi connectivity index (χ0n) is 20.4. The van der Waals surface area contributed by atoms with E-state index in [9.17, 15) is 14.0 Å². The summed E-state index contributed by atoms with van der Waals surface area (Å²) in [5, 5.41) is 2.35. The summed E-state index contributed by atoms with van der Waals surface area (Å²) < 4.78 is 14.1. The average Bonchev–Trinajstić information content (AvgIpc) is 3.13. The second-order valence-electron chi connectivity index (χ2n) is 9.86. The number of hydroxylamine groups is 2. The van der Waals surface area contributed by atoms with Crippen LogP contribution in [0.2, 0.25) is 0 Å². The number of piperidine rings is 1.